The van der Waals surface area contributed by atoms with Gasteiger partial charge in [-0.25, -0.2) is 4.79 Å². The molecule has 3 atom stereocenters. The van der Waals surface area contributed by atoms with Crippen LogP contribution >= 0.6 is 0 Å². The molecule has 0 radical (unpaired) electrons. The minimum Gasteiger partial charge on any atom is -0.478 e. The fourth-order valence-corrected chi connectivity index (χ4v) is 3.26. The van der Waals surface area contributed by atoms with Crippen LogP contribution in [0.4, 0.5) is 0 Å². The minimum absolute atomic E-state index is 0.00852. The molecule has 0 saturated heterocycles. The fraction of sp³-hybridized carbons (Fsp3) is 0.773. The summed E-state index contributed by atoms with van der Waals surface area (Å²) in [5.41, 5.74) is -0.662. The third-order valence-corrected chi connectivity index (χ3v) is 5.05. The Morgan fingerprint density at radius 1 is 0.966 bits per heavy atom. The molecule has 0 aliphatic heterocycles. The van der Waals surface area contributed by atoms with Gasteiger partial charge in [-0.1, -0.05) is 61.5 Å². The van der Waals surface area contributed by atoms with Gasteiger partial charge in [0.05, 0.1) is 12.1 Å². The van der Waals surface area contributed by atoms with E-state index in [9.17, 15) is 19.5 Å². The molecule has 0 spiro atoms. The van der Waals surface area contributed by atoms with Crippen molar-refractivity contribution >= 4 is 17.8 Å². The monoisotopic (exact) mass is 411 g/mol. The van der Waals surface area contributed by atoms with E-state index in [0.717, 1.165) is 0 Å². The van der Waals surface area contributed by atoms with Crippen molar-refractivity contribution in [1.29, 1.82) is 0 Å². The highest BCUT2D eigenvalue weighted by Crippen LogP contribution is 2.25. The van der Waals surface area contributed by atoms with Gasteiger partial charge in [0, 0.05) is 12.6 Å². The second kappa shape index (κ2) is 10.2. The number of likely N-dealkylation sites (N-methyl/N-ethyl adjacent to an activating group) is 2. The van der Waals surface area contributed by atoms with Crippen LogP contribution in [0.25, 0.3) is 0 Å². The Morgan fingerprint density at radius 2 is 1.41 bits per heavy atom. The zero-order chi connectivity index (χ0) is 23.3. The van der Waals surface area contributed by atoms with Crippen molar-refractivity contribution in [1.82, 2.24) is 15.5 Å². The number of amides is 2. The van der Waals surface area contributed by atoms with E-state index < -0.39 is 29.5 Å². The summed E-state index contributed by atoms with van der Waals surface area (Å²) in [7, 11) is 3.38. The van der Waals surface area contributed by atoms with Crippen molar-refractivity contribution in [2.45, 2.75) is 80.4 Å². The molecule has 0 heterocycles. The molecular formula is C22H41N3O4. The number of nitrogens with one attached hydrogen (secondary N) is 2. The van der Waals surface area contributed by atoms with Gasteiger partial charge < -0.3 is 20.6 Å². The summed E-state index contributed by atoms with van der Waals surface area (Å²) < 4.78 is 0. The quantitative estimate of drug-likeness (QED) is 0.533. The zero-order valence-electron chi connectivity index (χ0n) is 20.0. The molecule has 2 amide bonds. The lowest BCUT2D eigenvalue weighted by Crippen LogP contribution is -2.60. The Kier molecular flexibility index (Phi) is 9.57. The Hall–Kier alpha value is -1.89. The molecule has 7 heteroatoms. The molecule has 7 nitrogen and oxygen atoms in total. The smallest absolute Gasteiger partial charge is 0.331 e. The number of carbonyl (C=O) groups excluding carboxylic acids is 2. The van der Waals surface area contributed by atoms with Crippen molar-refractivity contribution in [2.24, 2.45) is 16.7 Å². The minimum atomic E-state index is -1.01. The number of carboxylic acid groups (broad SMARTS) is 1. The summed E-state index contributed by atoms with van der Waals surface area (Å²) in [5.74, 6) is -1.49. The maximum Gasteiger partial charge on any atom is 0.331 e. The summed E-state index contributed by atoms with van der Waals surface area (Å²) in [6.45, 7) is 17.0. The van der Waals surface area contributed by atoms with E-state index >= 15 is 0 Å². The fourth-order valence-electron chi connectivity index (χ4n) is 3.26. The molecule has 0 aliphatic carbocycles. The normalized spacial score (nSPS) is 16.2. The van der Waals surface area contributed by atoms with Crippen molar-refractivity contribution in [3.05, 3.63) is 11.6 Å². The number of carboxylic acids is 1. The standard InChI is InChI=1S/C22H41N3O4/c1-13(2)15(12-14(3)20(28)29)25(11)19(27)17(22(7,8)9)24-18(26)16(23-10)21(4,5)6/h12-13,15-17,23H,1-11H3,(H,24,26)(H,28,29)/b14-12+/t15-,16-,17-/m1/s1. The summed E-state index contributed by atoms with van der Waals surface area (Å²) in [5, 5.41) is 15.2. The lowest BCUT2D eigenvalue weighted by atomic mass is 9.83. The molecule has 0 saturated carbocycles. The van der Waals surface area contributed by atoms with Gasteiger partial charge in [0.1, 0.15) is 6.04 Å². The first kappa shape index (κ1) is 27.1. The molecule has 0 aliphatic rings. The van der Waals surface area contributed by atoms with Crippen molar-refractivity contribution in [3.8, 4) is 0 Å². The molecule has 0 aromatic heterocycles. The van der Waals surface area contributed by atoms with Gasteiger partial charge in [-0.2, -0.15) is 0 Å². The maximum absolute atomic E-state index is 13.4. The second-order valence-corrected chi connectivity index (χ2v) is 10.2. The van der Waals surface area contributed by atoms with Gasteiger partial charge in [-0.15, -0.1) is 0 Å². The van der Waals surface area contributed by atoms with Crippen LogP contribution in [0.1, 0.15) is 62.3 Å². The average molecular weight is 412 g/mol. The predicted molar refractivity (Wildman–Crippen MR) is 116 cm³/mol. The van der Waals surface area contributed by atoms with Crippen LogP contribution in [-0.2, 0) is 14.4 Å². The van der Waals surface area contributed by atoms with E-state index in [1.165, 1.54) is 6.92 Å². The third-order valence-electron chi connectivity index (χ3n) is 5.05. The first-order chi connectivity index (χ1) is 12.9. The molecule has 3 N–H and O–H groups in total. The van der Waals surface area contributed by atoms with Gasteiger partial charge in [0.25, 0.3) is 0 Å². The van der Waals surface area contributed by atoms with Crippen LogP contribution < -0.4 is 10.6 Å². The van der Waals surface area contributed by atoms with Gasteiger partial charge >= 0.3 is 5.97 Å². The van der Waals surface area contributed by atoms with Gasteiger partial charge in [0.15, 0.2) is 0 Å². The number of hydrogen-bond acceptors (Lipinski definition) is 4. The summed E-state index contributed by atoms with van der Waals surface area (Å²) in [4.78, 5) is 39.1. The van der Waals surface area contributed by atoms with Gasteiger partial charge in [-0.3, -0.25) is 9.59 Å². The van der Waals surface area contributed by atoms with E-state index in [1.807, 2.05) is 55.4 Å². The Morgan fingerprint density at radius 3 is 1.72 bits per heavy atom. The number of aliphatic carboxylic acids is 1. The van der Waals surface area contributed by atoms with Crippen LogP contribution in [0, 0.1) is 16.7 Å². The third kappa shape index (κ3) is 7.80. The topological polar surface area (TPSA) is 98.7 Å². The SMILES string of the molecule is CN[C@H](C(=O)N[C@H](C(=O)N(C)[C@H](/C=C(\C)C(=O)O)C(C)C)C(C)(C)C)C(C)(C)C. The highest BCUT2D eigenvalue weighted by molar-refractivity contribution is 5.91. The van der Waals surface area contributed by atoms with Crippen LogP contribution in [0.5, 0.6) is 0 Å². The first-order valence-corrected chi connectivity index (χ1v) is 10.1. The lowest BCUT2D eigenvalue weighted by Gasteiger charge is -2.39. The highest BCUT2D eigenvalue weighted by atomic mass is 16.4. The average Bonchev–Trinajstić information content (AvgIpc) is 2.53. The molecule has 0 aromatic rings. The Balaban J connectivity index is 5.89. The van der Waals surface area contributed by atoms with E-state index in [2.05, 4.69) is 10.6 Å². The summed E-state index contributed by atoms with van der Waals surface area (Å²) in [6.07, 6.45) is 1.60. The Labute approximate surface area is 176 Å². The molecule has 0 bridgehead atoms. The molecule has 0 aromatic carbocycles. The van der Waals surface area contributed by atoms with Crippen molar-refractivity contribution in [3.63, 3.8) is 0 Å². The van der Waals surface area contributed by atoms with Crippen LogP contribution in [0.15, 0.2) is 11.6 Å². The molecule has 29 heavy (non-hydrogen) atoms. The Bertz CT molecular complexity index is 627. The van der Waals surface area contributed by atoms with Crippen LogP contribution in [0.2, 0.25) is 0 Å². The van der Waals surface area contributed by atoms with E-state index in [4.69, 9.17) is 0 Å². The number of rotatable bonds is 8. The second-order valence-electron chi connectivity index (χ2n) is 10.2. The zero-order valence-corrected chi connectivity index (χ0v) is 20.0. The molecule has 0 rings (SSSR count). The maximum atomic E-state index is 13.4. The van der Waals surface area contributed by atoms with E-state index in [1.54, 1.807) is 25.1 Å². The highest BCUT2D eigenvalue weighted by Gasteiger charge is 2.39. The number of carbonyl (C=O) groups is 3. The van der Waals surface area contributed by atoms with Gasteiger partial charge in [0.2, 0.25) is 11.8 Å². The predicted octanol–water partition coefficient (Wildman–Crippen LogP) is 2.67. The van der Waals surface area contributed by atoms with E-state index in [0.29, 0.717) is 0 Å². The van der Waals surface area contributed by atoms with E-state index in [-0.39, 0.29) is 28.7 Å². The number of nitrogens with zero attached hydrogens (tertiary/aromatic N) is 1. The number of hydrogen-bond donors (Lipinski definition) is 3. The summed E-state index contributed by atoms with van der Waals surface area (Å²) in [6, 6.07) is -1.61. The first-order valence-electron chi connectivity index (χ1n) is 10.1. The molecule has 0 unspecified atom stereocenters. The van der Waals surface area contributed by atoms with Crippen LogP contribution in [0.3, 0.4) is 0 Å². The van der Waals surface area contributed by atoms with Crippen molar-refractivity contribution in [2.75, 3.05) is 14.1 Å². The lowest BCUT2D eigenvalue weighted by molar-refractivity contribution is -0.141. The van der Waals surface area contributed by atoms with Gasteiger partial charge in [-0.05, 0) is 30.7 Å². The van der Waals surface area contributed by atoms with Crippen molar-refractivity contribution < 1.29 is 19.5 Å². The molecule has 168 valence electrons. The molecular weight excluding hydrogens is 370 g/mol. The van der Waals surface area contributed by atoms with Crippen LogP contribution in [-0.4, -0.2) is 60.0 Å². The summed E-state index contributed by atoms with van der Waals surface area (Å²) >= 11 is 0. The largest absolute Gasteiger partial charge is 0.478 e. The molecule has 0 fully saturated rings.